The van der Waals surface area contributed by atoms with Gasteiger partial charge in [-0.15, -0.1) is 12.4 Å². The van der Waals surface area contributed by atoms with Gasteiger partial charge in [-0.1, -0.05) is 27.7 Å². The van der Waals surface area contributed by atoms with Gasteiger partial charge in [-0.05, 0) is 18.3 Å². The number of hydrogen-bond acceptors (Lipinski definition) is 3. The van der Waals surface area contributed by atoms with Crippen molar-refractivity contribution >= 4 is 24.3 Å². The van der Waals surface area contributed by atoms with Gasteiger partial charge in [-0.25, -0.2) is 4.79 Å². The first-order chi connectivity index (χ1) is 7.25. The van der Waals surface area contributed by atoms with Crippen LogP contribution >= 0.6 is 12.4 Å². The molecular formula is C11H23ClN2O3. The van der Waals surface area contributed by atoms with Crippen LogP contribution < -0.4 is 11.1 Å². The second-order valence-corrected chi connectivity index (χ2v) is 4.80. The molecule has 0 spiro atoms. The molecule has 0 bridgehead atoms. The van der Waals surface area contributed by atoms with Crippen LogP contribution in [0.2, 0.25) is 0 Å². The molecule has 0 aliphatic heterocycles. The van der Waals surface area contributed by atoms with Crippen LogP contribution in [0.3, 0.4) is 0 Å². The maximum Gasteiger partial charge on any atom is 0.326 e. The quantitative estimate of drug-likeness (QED) is 0.669. The van der Waals surface area contributed by atoms with E-state index in [2.05, 4.69) is 5.32 Å². The first-order valence-electron chi connectivity index (χ1n) is 5.54. The minimum atomic E-state index is -1.03. The van der Waals surface area contributed by atoms with Gasteiger partial charge in [0.05, 0.1) is 6.04 Å². The summed E-state index contributed by atoms with van der Waals surface area (Å²) < 4.78 is 0. The molecule has 0 aliphatic rings. The van der Waals surface area contributed by atoms with Gasteiger partial charge in [0.1, 0.15) is 6.04 Å². The van der Waals surface area contributed by atoms with E-state index in [4.69, 9.17) is 10.8 Å². The molecule has 6 heteroatoms. The van der Waals surface area contributed by atoms with Crippen LogP contribution in [0.5, 0.6) is 0 Å². The summed E-state index contributed by atoms with van der Waals surface area (Å²) in [5, 5.41) is 11.4. The fourth-order valence-electron chi connectivity index (χ4n) is 1.39. The monoisotopic (exact) mass is 266 g/mol. The number of nitrogens with two attached hydrogens (primary N) is 1. The molecular weight excluding hydrogens is 244 g/mol. The minimum absolute atomic E-state index is 0. The van der Waals surface area contributed by atoms with E-state index in [1.807, 2.05) is 13.8 Å². The van der Waals surface area contributed by atoms with E-state index in [1.54, 1.807) is 13.8 Å². The van der Waals surface area contributed by atoms with E-state index in [0.717, 1.165) is 0 Å². The lowest BCUT2D eigenvalue weighted by Crippen LogP contribution is -2.50. The summed E-state index contributed by atoms with van der Waals surface area (Å²) in [6.45, 7) is 7.41. The second-order valence-electron chi connectivity index (χ2n) is 4.80. The van der Waals surface area contributed by atoms with Crippen LogP contribution in [0.4, 0.5) is 0 Å². The Morgan fingerprint density at radius 3 is 2.00 bits per heavy atom. The topological polar surface area (TPSA) is 92.4 Å². The average molecular weight is 267 g/mol. The summed E-state index contributed by atoms with van der Waals surface area (Å²) in [5.41, 5.74) is 5.66. The van der Waals surface area contributed by atoms with Crippen LogP contribution in [0.1, 0.15) is 34.1 Å². The van der Waals surface area contributed by atoms with E-state index in [1.165, 1.54) is 0 Å². The lowest BCUT2D eigenvalue weighted by atomic mass is 10.0. The lowest BCUT2D eigenvalue weighted by molar-refractivity contribution is -0.143. The average Bonchev–Trinajstić information content (AvgIpc) is 2.11. The Morgan fingerprint density at radius 1 is 1.24 bits per heavy atom. The number of carboxylic acid groups (broad SMARTS) is 1. The molecule has 0 saturated heterocycles. The second kappa shape index (κ2) is 8.31. The molecule has 2 atom stereocenters. The van der Waals surface area contributed by atoms with Crippen molar-refractivity contribution < 1.29 is 14.7 Å². The Hall–Kier alpha value is -0.810. The maximum atomic E-state index is 11.6. The molecule has 0 saturated carbocycles. The third kappa shape index (κ3) is 7.18. The summed E-state index contributed by atoms with van der Waals surface area (Å²) >= 11 is 0. The highest BCUT2D eigenvalue weighted by atomic mass is 35.5. The van der Waals surface area contributed by atoms with Gasteiger partial charge in [0.2, 0.25) is 5.91 Å². The zero-order chi connectivity index (χ0) is 12.9. The number of hydrogen-bond donors (Lipinski definition) is 3. The maximum absolute atomic E-state index is 11.6. The number of carbonyl (C=O) groups excluding carboxylic acids is 1. The van der Waals surface area contributed by atoms with Gasteiger partial charge >= 0.3 is 5.97 Å². The van der Waals surface area contributed by atoms with Crippen LogP contribution in [-0.4, -0.2) is 29.1 Å². The van der Waals surface area contributed by atoms with E-state index in [9.17, 15) is 9.59 Å². The third-order valence-corrected chi connectivity index (χ3v) is 2.29. The van der Waals surface area contributed by atoms with E-state index in [-0.39, 0.29) is 18.3 Å². The molecule has 0 aromatic heterocycles. The fourth-order valence-corrected chi connectivity index (χ4v) is 1.39. The van der Waals surface area contributed by atoms with Gasteiger partial charge in [0.15, 0.2) is 0 Å². The standard InChI is InChI=1S/C11H22N2O3.ClH/c1-6(2)5-8(12)10(14)13-9(7(3)4)11(15)16;/h6-9H,5,12H2,1-4H3,(H,13,14)(H,15,16);1H/t8-,9+;/m0./s1. The molecule has 0 aromatic carbocycles. The minimum Gasteiger partial charge on any atom is -0.480 e. The Balaban J connectivity index is 0. The smallest absolute Gasteiger partial charge is 0.326 e. The highest BCUT2D eigenvalue weighted by molar-refractivity contribution is 5.86. The van der Waals surface area contributed by atoms with Crippen LogP contribution in [0, 0.1) is 11.8 Å². The lowest BCUT2D eigenvalue weighted by Gasteiger charge is -2.21. The summed E-state index contributed by atoms with van der Waals surface area (Å²) in [4.78, 5) is 22.5. The van der Waals surface area contributed by atoms with Crippen molar-refractivity contribution in [1.82, 2.24) is 5.32 Å². The first-order valence-corrected chi connectivity index (χ1v) is 5.54. The van der Waals surface area contributed by atoms with Crippen molar-refractivity contribution in [3.63, 3.8) is 0 Å². The number of rotatable bonds is 6. The molecule has 0 radical (unpaired) electrons. The number of nitrogens with one attached hydrogen (secondary N) is 1. The van der Waals surface area contributed by atoms with Gasteiger partial charge in [0.25, 0.3) is 0 Å². The molecule has 0 aromatic rings. The largest absolute Gasteiger partial charge is 0.480 e. The van der Waals surface area contributed by atoms with Crippen LogP contribution in [0.15, 0.2) is 0 Å². The molecule has 0 heterocycles. The summed E-state index contributed by atoms with van der Waals surface area (Å²) in [7, 11) is 0. The van der Waals surface area contributed by atoms with E-state index >= 15 is 0 Å². The predicted molar refractivity (Wildman–Crippen MR) is 69.1 cm³/mol. The number of carbonyl (C=O) groups is 2. The molecule has 0 aliphatic carbocycles. The summed E-state index contributed by atoms with van der Waals surface area (Å²) in [6, 6.07) is -1.51. The summed E-state index contributed by atoms with van der Waals surface area (Å²) in [6.07, 6.45) is 0.552. The Bertz CT molecular complexity index is 257. The number of halogens is 1. The Kier molecular flexibility index (Phi) is 9.06. The number of aliphatic carboxylic acids is 1. The van der Waals surface area contributed by atoms with Crippen molar-refractivity contribution in [1.29, 1.82) is 0 Å². The molecule has 4 N–H and O–H groups in total. The van der Waals surface area contributed by atoms with E-state index in [0.29, 0.717) is 12.3 Å². The normalized spacial score (nSPS) is 14.1. The van der Waals surface area contributed by atoms with Gasteiger partial charge in [-0.3, -0.25) is 4.79 Å². The van der Waals surface area contributed by atoms with Crippen molar-refractivity contribution in [2.24, 2.45) is 17.6 Å². The zero-order valence-electron chi connectivity index (χ0n) is 10.8. The molecule has 0 unspecified atom stereocenters. The Morgan fingerprint density at radius 2 is 1.71 bits per heavy atom. The third-order valence-electron chi connectivity index (χ3n) is 2.29. The van der Waals surface area contributed by atoms with Crippen molar-refractivity contribution in [3.8, 4) is 0 Å². The zero-order valence-corrected chi connectivity index (χ0v) is 11.6. The van der Waals surface area contributed by atoms with Crippen molar-refractivity contribution in [2.45, 2.75) is 46.2 Å². The number of carboxylic acids is 1. The molecule has 102 valence electrons. The first kappa shape index (κ1) is 18.6. The highest BCUT2D eigenvalue weighted by Gasteiger charge is 2.25. The van der Waals surface area contributed by atoms with Crippen LogP contribution in [0.25, 0.3) is 0 Å². The molecule has 1 amide bonds. The Labute approximate surface area is 109 Å². The van der Waals surface area contributed by atoms with E-state index < -0.39 is 24.0 Å². The predicted octanol–water partition coefficient (Wildman–Crippen LogP) is 1.01. The molecule has 5 nitrogen and oxygen atoms in total. The molecule has 0 rings (SSSR count). The molecule has 0 fully saturated rings. The number of amides is 1. The SMILES string of the molecule is CC(C)C[C@H](N)C(=O)N[C@@H](C(=O)O)C(C)C.Cl. The van der Waals surface area contributed by atoms with Gasteiger partial charge in [0, 0.05) is 0 Å². The van der Waals surface area contributed by atoms with Gasteiger partial charge < -0.3 is 16.2 Å². The van der Waals surface area contributed by atoms with Crippen LogP contribution in [-0.2, 0) is 9.59 Å². The van der Waals surface area contributed by atoms with Crippen molar-refractivity contribution in [3.05, 3.63) is 0 Å². The summed E-state index contributed by atoms with van der Waals surface area (Å²) in [5.74, 6) is -1.27. The highest BCUT2D eigenvalue weighted by Crippen LogP contribution is 2.05. The fraction of sp³-hybridized carbons (Fsp3) is 0.818. The molecule has 17 heavy (non-hydrogen) atoms. The van der Waals surface area contributed by atoms with Gasteiger partial charge in [-0.2, -0.15) is 0 Å². The van der Waals surface area contributed by atoms with Crippen molar-refractivity contribution in [2.75, 3.05) is 0 Å².